The lowest BCUT2D eigenvalue weighted by molar-refractivity contribution is -0.126. The van der Waals surface area contributed by atoms with Crippen LogP contribution in [0.2, 0.25) is 5.02 Å². The van der Waals surface area contributed by atoms with E-state index < -0.39 is 0 Å². The zero-order valence-electron chi connectivity index (χ0n) is 10.6. The van der Waals surface area contributed by atoms with Gasteiger partial charge in [0.05, 0.1) is 17.1 Å². The summed E-state index contributed by atoms with van der Waals surface area (Å²) in [5.41, 5.74) is 1.10. The topological polar surface area (TPSA) is 61.4 Å². The Morgan fingerprint density at radius 1 is 1.33 bits per heavy atom. The first-order valence-corrected chi connectivity index (χ1v) is 5.79. The van der Waals surface area contributed by atoms with Crippen LogP contribution in [0.4, 0.5) is 5.69 Å². The summed E-state index contributed by atoms with van der Waals surface area (Å²) in [6.45, 7) is 0.183. The fourth-order valence-electron chi connectivity index (χ4n) is 1.28. The molecule has 0 heterocycles. The van der Waals surface area contributed by atoms with Gasteiger partial charge in [0.25, 0.3) is 5.91 Å². The Labute approximate surface area is 111 Å². The zero-order chi connectivity index (χ0) is 13.7. The van der Waals surface area contributed by atoms with Crippen molar-refractivity contribution in [2.45, 2.75) is 0 Å². The second-order valence-electron chi connectivity index (χ2n) is 3.92. The van der Waals surface area contributed by atoms with Gasteiger partial charge in [-0.1, -0.05) is 11.6 Å². The molecule has 18 heavy (non-hydrogen) atoms. The summed E-state index contributed by atoms with van der Waals surface area (Å²) < 4.78 is 0. The van der Waals surface area contributed by atoms with E-state index in [0.29, 0.717) is 16.3 Å². The van der Waals surface area contributed by atoms with Gasteiger partial charge in [-0.05, 0) is 18.2 Å². The molecule has 2 N–H and O–H groups in total. The van der Waals surface area contributed by atoms with Crippen LogP contribution in [-0.2, 0) is 4.79 Å². The van der Waals surface area contributed by atoms with Crippen molar-refractivity contribution in [1.82, 2.24) is 10.2 Å². The first-order valence-electron chi connectivity index (χ1n) is 5.41. The van der Waals surface area contributed by atoms with Crippen LogP contribution in [0.3, 0.4) is 0 Å². The Morgan fingerprint density at radius 2 is 2.00 bits per heavy atom. The number of anilines is 1. The van der Waals surface area contributed by atoms with Gasteiger partial charge in [0.1, 0.15) is 0 Å². The van der Waals surface area contributed by atoms with Crippen molar-refractivity contribution < 1.29 is 9.59 Å². The average Bonchev–Trinajstić information content (AvgIpc) is 2.34. The Bertz CT molecular complexity index is 461. The molecule has 1 rings (SSSR count). The van der Waals surface area contributed by atoms with Crippen LogP contribution < -0.4 is 10.6 Å². The Morgan fingerprint density at radius 3 is 2.50 bits per heavy atom. The van der Waals surface area contributed by atoms with Crippen LogP contribution in [-0.4, -0.2) is 44.4 Å². The number of carbonyl (C=O) groups excluding carboxylic acids is 2. The number of nitrogens with one attached hydrogen (secondary N) is 2. The van der Waals surface area contributed by atoms with E-state index in [0.717, 1.165) is 0 Å². The minimum atomic E-state index is -0.240. The third kappa shape index (κ3) is 3.63. The molecule has 0 atom stereocenters. The van der Waals surface area contributed by atoms with Gasteiger partial charge in [-0.15, -0.1) is 0 Å². The molecule has 0 fully saturated rings. The summed E-state index contributed by atoms with van der Waals surface area (Å²) in [4.78, 5) is 24.3. The number of hydrogen-bond donors (Lipinski definition) is 2. The highest BCUT2D eigenvalue weighted by Crippen LogP contribution is 2.20. The summed E-state index contributed by atoms with van der Waals surface area (Å²) in [5, 5.41) is 5.79. The van der Waals surface area contributed by atoms with Crippen molar-refractivity contribution >= 4 is 29.1 Å². The molecule has 0 saturated heterocycles. The number of rotatable bonds is 4. The summed E-state index contributed by atoms with van der Waals surface area (Å²) in [7, 11) is 4.91. The Hall–Kier alpha value is -1.75. The van der Waals surface area contributed by atoms with E-state index in [-0.39, 0.29) is 18.4 Å². The van der Waals surface area contributed by atoms with Crippen LogP contribution >= 0.6 is 11.6 Å². The Balaban J connectivity index is 2.73. The van der Waals surface area contributed by atoms with E-state index in [1.807, 2.05) is 0 Å². The molecule has 5 nitrogen and oxygen atoms in total. The van der Waals surface area contributed by atoms with Crippen molar-refractivity contribution in [1.29, 1.82) is 0 Å². The molecule has 0 radical (unpaired) electrons. The monoisotopic (exact) mass is 269 g/mol. The first kappa shape index (κ1) is 14.3. The lowest BCUT2D eigenvalue weighted by Gasteiger charge is -2.12. The molecule has 2 amide bonds. The van der Waals surface area contributed by atoms with Crippen molar-refractivity contribution in [2.75, 3.05) is 33.0 Å². The summed E-state index contributed by atoms with van der Waals surface area (Å²) in [6.07, 6.45) is 0. The van der Waals surface area contributed by atoms with Gasteiger partial charge in [-0.25, -0.2) is 0 Å². The summed E-state index contributed by atoms with van der Waals surface area (Å²) in [5.74, 6) is -0.280. The Kier molecular flexibility index (Phi) is 4.97. The molecule has 0 saturated carbocycles. The smallest absolute Gasteiger partial charge is 0.252 e. The highest BCUT2D eigenvalue weighted by atomic mass is 35.5. The lowest BCUT2D eigenvalue weighted by Crippen LogP contribution is -2.28. The standard InChI is InChI=1S/C12H16ClN3O2/c1-14-12(18)9-5-4-8(6-10(9)13)15-7-11(17)16(2)3/h4-6,15H,7H2,1-3H3,(H,14,18). The number of carbonyl (C=O) groups is 2. The van der Waals surface area contributed by atoms with Crippen LogP contribution in [0.15, 0.2) is 18.2 Å². The minimum Gasteiger partial charge on any atom is -0.376 e. The fraction of sp³-hybridized carbons (Fsp3) is 0.333. The molecule has 0 aliphatic heterocycles. The second kappa shape index (κ2) is 6.26. The van der Waals surface area contributed by atoms with Gasteiger partial charge in [-0.2, -0.15) is 0 Å². The van der Waals surface area contributed by atoms with Crippen molar-refractivity contribution in [3.8, 4) is 0 Å². The molecule has 0 aromatic heterocycles. The van der Waals surface area contributed by atoms with Crippen LogP contribution in [0.5, 0.6) is 0 Å². The molecular formula is C12H16ClN3O2. The number of nitrogens with zero attached hydrogens (tertiary/aromatic N) is 1. The van der Waals surface area contributed by atoms with Crippen LogP contribution in [0.25, 0.3) is 0 Å². The van der Waals surface area contributed by atoms with Crippen molar-refractivity contribution in [3.05, 3.63) is 28.8 Å². The number of benzene rings is 1. The van der Waals surface area contributed by atoms with Gasteiger partial charge in [0.15, 0.2) is 0 Å². The number of halogens is 1. The van der Waals surface area contributed by atoms with Gasteiger partial charge >= 0.3 is 0 Å². The second-order valence-corrected chi connectivity index (χ2v) is 4.32. The third-order valence-electron chi connectivity index (χ3n) is 2.38. The van der Waals surface area contributed by atoms with Gasteiger partial charge in [-0.3, -0.25) is 9.59 Å². The van der Waals surface area contributed by atoms with Crippen LogP contribution in [0, 0.1) is 0 Å². The fourth-order valence-corrected chi connectivity index (χ4v) is 1.55. The van der Waals surface area contributed by atoms with E-state index in [1.54, 1.807) is 39.3 Å². The summed E-state index contributed by atoms with van der Waals surface area (Å²) in [6, 6.07) is 4.94. The van der Waals surface area contributed by atoms with Gasteiger partial charge in [0.2, 0.25) is 5.91 Å². The molecule has 0 spiro atoms. The van der Waals surface area contributed by atoms with E-state index in [4.69, 9.17) is 11.6 Å². The summed E-state index contributed by atoms with van der Waals surface area (Å²) >= 11 is 5.98. The highest BCUT2D eigenvalue weighted by molar-refractivity contribution is 6.34. The molecule has 0 aliphatic rings. The largest absolute Gasteiger partial charge is 0.376 e. The maximum Gasteiger partial charge on any atom is 0.252 e. The van der Waals surface area contributed by atoms with Crippen LogP contribution in [0.1, 0.15) is 10.4 Å². The number of hydrogen-bond acceptors (Lipinski definition) is 3. The predicted octanol–water partition coefficient (Wildman–Crippen LogP) is 1.20. The molecule has 6 heteroatoms. The van der Waals surface area contributed by atoms with Gasteiger partial charge in [0, 0.05) is 26.8 Å². The molecule has 1 aromatic carbocycles. The zero-order valence-corrected chi connectivity index (χ0v) is 11.3. The minimum absolute atomic E-state index is 0.0403. The molecule has 98 valence electrons. The molecule has 0 aliphatic carbocycles. The first-order chi connectivity index (χ1) is 8.45. The maximum absolute atomic E-state index is 11.4. The quantitative estimate of drug-likeness (QED) is 0.863. The highest BCUT2D eigenvalue weighted by Gasteiger charge is 2.09. The molecule has 1 aromatic rings. The van der Waals surface area contributed by atoms with E-state index in [1.165, 1.54) is 4.90 Å². The van der Waals surface area contributed by atoms with Crippen molar-refractivity contribution in [3.63, 3.8) is 0 Å². The third-order valence-corrected chi connectivity index (χ3v) is 2.70. The molecular weight excluding hydrogens is 254 g/mol. The van der Waals surface area contributed by atoms with Crippen molar-refractivity contribution in [2.24, 2.45) is 0 Å². The number of amides is 2. The number of likely N-dealkylation sites (N-methyl/N-ethyl adjacent to an activating group) is 1. The van der Waals surface area contributed by atoms with E-state index >= 15 is 0 Å². The lowest BCUT2D eigenvalue weighted by atomic mass is 10.2. The molecule has 0 bridgehead atoms. The van der Waals surface area contributed by atoms with E-state index in [2.05, 4.69) is 10.6 Å². The predicted molar refractivity (Wildman–Crippen MR) is 72.0 cm³/mol. The SMILES string of the molecule is CNC(=O)c1ccc(NCC(=O)N(C)C)cc1Cl. The normalized spacial score (nSPS) is 9.78. The average molecular weight is 270 g/mol. The van der Waals surface area contributed by atoms with Gasteiger partial charge < -0.3 is 15.5 Å². The van der Waals surface area contributed by atoms with E-state index in [9.17, 15) is 9.59 Å². The molecule has 0 unspecified atom stereocenters. The maximum atomic E-state index is 11.4.